The topological polar surface area (TPSA) is 3.24 Å². The molecule has 0 N–H and O–H groups in total. The van der Waals surface area contributed by atoms with Gasteiger partial charge in [-0.3, -0.25) is 4.90 Å². The zero-order valence-corrected chi connectivity index (χ0v) is 24.6. The first-order chi connectivity index (χ1) is 16.4. The summed E-state index contributed by atoms with van der Waals surface area (Å²) in [6.07, 6.45) is 6.76. The number of nitrogens with zero attached hydrogens (tertiary/aromatic N) is 1. The average Bonchev–Trinajstić information content (AvgIpc) is 3.33. The summed E-state index contributed by atoms with van der Waals surface area (Å²) in [6, 6.07) is 5.64. The third-order valence-corrected chi connectivity index (χ3v) is 8.53. The van der Waals surface area contributed by atoms with Crippen LogP contribution in [0.25, 0.3) is 0 Å². The molecule has 1 aliphatic heterocycles. The van der Waals surface area contributed by atoms with Crippen molar-refractivity contribution in [2.45, 2.75) is 84.3 Å². The van der Waals surface area contributed by atoms with Crippen molar-refractivity contribution in [3.63, 3.8) is 0 Å². The normalized spacial score (nSPS) is 24.0. The third-order valence-electron chi connectivity index (χ3n) is 6.77. The van der Waals surface area contributed by atoms with Gasteiger partial charge in [-0.15, -0.1) is 11.6 Å². The highest BCUT2D eigenvalue weighted by molar-refractivity contribution is 9.10. The molecule has 4 unspecified atom stereocenters. The van der Waals surface area contributed by atoms with Crippen molar-refractivity contribution in [3.05, 3.63) is 67.6 Å². The van der Waals surface area contributed by atoms with E-state index >= 15 is 0 Å². The summed E-state index contributed by atoms with van der Waals surface area (Å²) in [4.78, 5) is 2.33. The standard InChI is InChI=1S/C13H16BrF2N.C7H4BrClF2.C7H14/c1-8-3-4-9(2)17(8)7-10-5-12(15)13(16)6-11(10)14;8-5-2-7(11)6(10)1-4(5)3-9;1-6-3-4-7(2)5-6/h5-6,8-9H,3-4,7H2,1-2H3;1-2H,3H2;6-7H,3-5H2,1-2H3. The number of rotatable bonds is 3. The van der Waals surface area contributed by atoms with Crippen molar-refractivity contribution >= 4 is 43.5 Å². The Balaban J connectivity index is 0.000000205. The van der Waals surface area contributed by atoms with E-state index in [4.69, 9.17) is 11.6 Å². The molecular formula is C27H34Br2ClF4N. The van der Waals surface area contributed by atoms with Gasteiger partial charge < -0.3 is 0 Å². The Hall–Kier alpha value is -0.630. The lowest BCUT2D eigenvalue weighted by atomic mass is 10.1. The van der Waals surface area contributed by atoms with Gasteiger partial charge in [0.05, 0.1) is 0 Å². The molecule has 196 valence electrons. The average molecular weight is 644 g/mol. The van der Waals surface area contributed by atoms with Gasteiger partial charge >= 0.3 is 0 Å². The molecule has 8 heteroatoms. The highest BCUT2D eigenvalue weighted by Gasteiger charge is 2.27. The van der Waals surface area contributed by atoms with Gasteiger partial charge in [-0.2, -0.15) is 0 Å². The first-order valence-electron chi connectivity index (χ1n) is 12.0. The van der Waals surface area contributed by atoms with Gasteiger partial charge in [-0.25, -0.2) is 17.6 Å². The highest BCUT2D eigenvalue weighted by atomic mass is 79.9. The summed E-state index contributed by atoms with van der Waals surface area (Å²) < 4.78 is 52.3. The summed E-state index contributed by atoms with van der Waals surface area (Å²) in [6.45, 7) is 9.72. The van der Waals surface area contributed by atoms with E-state index in [1.54, 1.807) is 0 Å². The Morgan fingerprint density at radius 3 is 1.51 bits per heavy atom. The molecule has 35 heavy (non-hydrogen) atoms. The van der Waals surface area contributed by atoms with Crippen molar-refractivity contribution in [1.82, 2.24) is 4.90 Å². The van der Waals surface area contributed by atoms with E-state index in [0.717, 1.165) is 29.5 Å². The van der Waals surface area contributed by atoms with Crippen molar-refractivity contribution in [2.75, 3.05) is 0 Å². The van der Waals surface area contributed by atoms with Crippen molar-refractivity contribution in [2.24, 2.45) is 11.8 Å². The first-order valence-corrected chi connectivity index (χ1v) is 14.1. The lowest BCUT2D eigenvalue weighted by Crippen LogP contribution is -2.32. The van der Waals surface area contributed by atoms with Gasteiger partial charge in [0.25, 0.3) is 0 Å². The molecule has 2 fully saturated rings. The molecule has 1 saturated heterocycles. The molecule has 0 amide bonds. The second kappa shape index (κ2) is 14.3. The molecule has 2 aliphatic rings. The van der Waals surface area contributed by atoms with E-state index in [0.29, 0.717) is 33.1 Å². The molecule has 4 rings (SSSR count). The number of likely N-dealkylation sites (tertiary alicyclic amines) is 1. The summed E-state index contributed by atoms with van der Waals surface area (Å²) in [5.41, 5.74) is 1.36. The molecule has 1 saturated carbocycles. The summed E-state index contributed by atoms with van der Waals surface area (Å²) in [5, 5.41) is 0. The van der Waals surface area contributed by atoms with Crippen LogP contribution in [0.4, 0.5) is 17.6 Å². The van der Waals surface area contributed by atoms with E-state index in [-0.39, 0.29) is 5.88 Å². The fourth-order valence-electron chi connectivity index (χ4n) is 4.60. The smallest absolute Gasteiger partial charge is 0.159 e. The SMILES string of the molecule is CC1CCC(C)C1.CC1CCC(C)N1Cc1cc(F)c(F)cc1Br.Fc1cc(Br)c(CCl)cc1F. The van der Waals surface area contributed by atoms with Crippen LogP contribution in [0, 0.1) is 35.1 Å². The van der Waals surface area contributed by atoms with Crippen LogP contribution in [-0.2, 0) is 12.4 Å². The Labute approximate surface area is 228 Å². The Kier molecular flexibility index (Phi) is 12.5. The van der Waals surface area contributed by atoms with E-state index < -0.39 is 23.3 Å². The maximum absolute atomic E-state index is 13.2. The van der Waals surface area contributed by atoms with Crippen LogP contribution in [-0.4, -0.2) is 17.0 Å². The maximum Gasteiger partial charge on any atom is 0.159 e. The number of alkyl halides is 1. The molecule has 1 aliphatic carbocycles. The second-order valence-corrected chi connectivity index (χ2v) is 11.8. The minimum atomic E-state index is -0.871. The zero-order chi connectivity index (χ0) is 26.3. The Morgan fingerprint density at radius 2 is 1.11 bits per heavy atom. The Morgan fingerprint density at radius 1 is 0.714 bits per heavy atom. The van der Waals surface area contributed by atoms with Gasteiger partial charge in [-0.05, 0) is 80.3 Å². The van der Waals surface area contributed by atoms with Gasteiger partial charge in [0.1, 0.15) is 0 Å². The Bertz CT molecular complexity index is 957. The molecule has 2 aromatic carbocycles. The lowest BCUT2D eigenvalue weighted by molar-refractivity contribution is 0.204. The summed E-state index contributed by atoms with van der Waals surface area (Å²) in [5.74, 6) is -1.11. The first kappa shape index (κ1) is 30.6. The van der Waals surface area contributed by atoms with Crippen LogP contribution in [0.1, 0.15) is 70.9 Å². The maximum atomic E-state index is 13.2. The van der Waals surface area contributed by atoms with Crippen LogP contribution in [0.15, 0.2) is 33.2 Å². The van der Waals surface area contributed by atoms with Crippen LogP contribution in [0.2, 0.25) is 0 Å². The third kappa shape index (κ3) is 9.32. The summed E-state index contributed by atoms with van der Waals surface area (Å²) in [7, 11) is 0. The van der Waals surface area contributed by atoms with Crippen LogP contribution in [0.5, 0.6) is 0 Å². The minimum absolute atomic E-state index is 0.164. The van der Waals surface area contributed by atoms with E-state index in [9.17, 15) is 17.6 Å². The highest BCUT2D eigenvalue weighted by Crippen LogP contribution is 2.30. The molecule has 0 radical (unpaired) electrons. The molecule has 0 bridgehead atoms. The van der Waals surface area contributed by atoms with Crippen LogP contribution < -0.4 is 0 Å². The monoisotopic (exact) mass is 641 g/mol. The number of hydrogen-bond acceptors (Lipinski definition) is 1. The van der Waals surface area contributed by atoms with Crippen molar-refractivity contribution in [1.29, 1.82) is 0 Å². The van der Waals surface area contributed by atoms with Crippen molar-refractivity contribution in [3.8, 4) is 0 Å². The van der Waals surface area contributed by atoms with Crippen molar-refractivity contribution < 1.29 is 17.6 Å². The number of hydrogen-bond donors (Lipinski definition) is 0. The molecule has 0 spiro atoms. The van der Waals surface area contributed by atoms with Crippen LogP contribution in [0.3, 0.4) is 0 Å². The molecule has 1 nitrogen and oxygen atoms in total. The van der Waals surface area contributed by atoms with Crippen LogP contribution >= 0.6 is 43.5 Å². The molecular weight excluding hydrogens is 610 g/mol. The largest absolute Gasteiger partial charge is 0.294 e. The lowest BCUT2D eigenvalue weighted by Gasteiger charge is -2.26. The zero-order valence-electron chi connectivity index (χ0n) is 20.7. The van der Waals surface area contributed by atoms with Gasteiger partial charge in [0, 0.05) is 33.5 Å². The van der Waals surface area contributed by atoms with E-state index in [2.05, 4.69) is 64.5 Å². The molecule has 2 aromatic rings. The minimum Gasteiger partial charge on any atom is -0.294 e. The molecule has 4 atom stereocenters. The van der Waals surface area contributed by atoms with E-state index in [1.807, 2.05) is 0 Å². The molecule has 0 aromatic heterocycles. The molecule has 1 heterocycles. The quantitative estimate of drug-likeness (QED) is 0.183. The predicted octanol–water partition coefficient (Wildman–Crippen LogP) is 10.0. The fraction of sp³-hybridized carbons (Fsp3) is 0.556. The van der Waals surface area contributed by atoms with Gasteiger partial charge in [-0.1, -0.05) is 58.5 Å². The summed E-state index contributed by atoms with van der Waals surface area (Å²) >= 11 is 11.8. The fourth-order valence-corrected chi connectivity index (χ4v) is 5.88. The predicted molar refractivity (Wildman–Crippen MR) is 144 cm³/mol. The second-order valence-electron chi connectivity index (χ2n) is 9.82. The number of benzene rings is 2. The van der Waals surface area contributed by atoms with E-state index in [1.165, 1.54) is 44.2 Å². The van der Waals surface area contributed by atoms with Gasteiger partial charge in [0.2, 0.25) is 0 Å². The van der Waals surface area contributed by atoms with Gasteiger partial charge in [0.15, 0.2) is 23.3 Å². The number of halogens is 7.